The second-order valence-electron chi connectivity index (χ2n) is 5.21. The second-order valence-corrected chi connectivity index (χ2v) is 6.05. The lowest BCUT2D eigenvalue weighted by Crippen LogP contribution is -2.82. The summed E-state index contributed by atoms with van der Waals surface area (Å²) >= 11 is 11.0. The average Bonchev–Trinajstić information content (AvgIpc) is 2.66. The average molecular weight is 391 g/mol. The van der Waals surface area contributed by atoms with Crippen molar-refractivity contribution >= 4 is 35.1 Å². The molecular weight excluding hydrogens is 370 g/mol. The van der Waals surface area contributed by atoms with Gasteiger partial charge in [-0.15, -0.1) is 17.1 Å². The molecule has 0 aromatic heterocycles. The zero-order valence-corrected chi connectivity index (χ0v) is 16.0. The monoisotopic (exact) mass is 390 g/mol. The molecule has 0 unspecified atom stereocenters. The van der Waals surface area contributed by atoms with Gasteiger partial charge in [-0.2, -0.15) is 0 Å². The minimum Gasteiger partial charge on any atom is -0.493 e. The van der Waals surface area contributed by atoms with Crippen molar-refractivity contribution in [3.8, 4) is 11.5 Å². The fraction of sp³-hybridized carbons (Fsp3) is 0.158. The van der Waals surface area contributed by atoms with Crippen molar-refractivity contribution in [3.05, 3.63) is 71.3 Å². The number of halogens is 1. The molecule has 2 aromatic carbocycles. The van der Waals surface area contributed by atoms with Crippen molar-refractivity contribution in [3.63, 3.8) is 0 Å². The smallest absolute Gasteiger partial charge is 0.224 e. The van der Waals surface area contributed by atoms with Gasteiger partial charge in [0.25, 0.3) is 0 Å². The Labute approximate surface area is 163 Å². The summed E-state index contributed by atoms with van der Waals surface area (Å²) in [6.45, 7) is 4.60. The summed E-state index contributed by atoms with van der Waals surface area (Å²) < 4.78 is 11.4. The van der Waals surface area contributed by atoms with Gasteiger partial charge in [-0.25, -0.2) is 0 Å². The topological polar surface area (TPSA) is 56.5 Å². The third-order valence-corrected chi connectivity index (χ3v) is 3.84. The molecule has 136 valence electrons. The van der Waals surface area contributed by atoms with E-state index in [1.54, 1.807) is 19.4 Å². The third kappa shape index (κ3) is 6.06. The Morgan fingerprint density at radius 3 is 2.73 bits per heavy atom. The van der Waals surface area contributed by atoms with Crippen LogP contribution in [0.15, 0.2) is 55.1 Å². The van der Waals surface area contributed by atoms with Gasteiger partial charge in [-0.3, -0.25) is 0 Å². The van der Waals surface area contributed by atoms with E-state index in [4.69, 9.17) is 33.3 Å². The highest BCUT2D eigenvalue weighted by Crippen LogP contribution is 2.30. The fourth-order valence-electron chi connectivity index (χ4n) is 2.09. The van der Waals surface area contributed by atoms with Crippen LogP contribution in [0, 0.1) is 0 Å². The van der Waals surface area contributed by atoms with Crippen LogP contribution in [0.1, 0.15) is 11.1 Å². The lowest BCUT2D eigenvalue weighted by Gasteiger charge is -2.12. The number of methoxy groups -OCH3 is 1. The van der Waals surface area contributed by atoms with Gasteiger partial charge in [-0.05, 0) is 42.0 Å². The Morgan fingerprint density at radius 1 is 1.27 bits per heavy atom. The van der Waals surface area contributed by atoms with Crippen LogP contribution in [-0.4, -0.2) is 25.0 Å². The Morgan fingerprint density at radius 2 is 2.04 bits per heavy atom. The standard InChI is InChI=1S/C19H20ClN3O2S/c1-3-11-21-19(26)23-22-12-15-5-4-6-17(24-2)18(15)25-13-14-7-9-16(20)10-8-14/h3-10,12H,1,11,13H2,2H3,(H2,21,23,26)/p+1. The highest BCUT2D eigenvalue weighted by atomic mass is 35.5. The van der Waals surface area contributed by atoms with Crippen LogP contribution in [0.3, 0.4) is 0 Å². The summed E-state index contributed by atoms with van der Waals surface area (Å²) in [4.78, 5) is 0. The van der Waals surface area contributed by atoms with Crippen molar-refractivity contribution in [2.75, 3.05) is 13.7 Å². The summed E-state index contributed by atoms with van der Waals surface area (Å²) in [5, 5.41) is 7.06. The van der Waals surface area contributed by atoms with Crippen molar-refractivity contribution in [2.45, 2.75) is 6.61 Å². The molecule has 2 rings (SSSR count). The summed E-state index contributed by atoms with van der Waals surface area (Å²) in [6, 6.07) is 13.1. The lowest BCUT2D eigenvalue weighted by molar-refractivity contribution is -0.500. The highest BCUT2D eigenvalue weighted by Gasteiger charge is 2.11. The minimum atomic E-state index is 0.394. The number of thiocarbonyl (C=S) groups is 1. The third-order valence-electron chi connectivity index (χ3n) is 3.35. The van der Waals surface area contributed by atoms with Crippen LogP contribution in [0.4, 0.5) is 0 Å². The second kappa shape index (κ2) is 10.4. The number of hydrogen-bond donors (Lipinski definition) is 3. The predicted molar refractivity (Wildman–Crippen MR) is 109 cm³/mol. The first-order valence-corrected chi connectivity index (χ1v) is 8.70. The molecule has 2 aromatic rings. The number of hydrogen-bond acceptors (Lipinski definition) is 3. The van der Waals surface area contributed by atoms with E-state index in [0.717, 1.165) is 11.1 Å². The van der Waals surface area contributed by atoms with Gasteiger partial charge in [0, 0.05) is 11.6 Å². The molecule has 3 N–H and O–H groups in total. The molecule has 0 spiro atoms. The van der Waals surface area contributed by atoms with E-state index in [2.05, 4.69) is 22.4 Å². The van der Waals surface area contributed by atoms with Gasteiger partial charge in [-0.1, -0.05) is 35.9 Å². The van der Waals surface area contributed by atoms with Crippen molar-refractivity contribution in [1.82, 2.24) is 10.7 Å². The molecule has 0 aliphatic heterocycles. The van der Waals surface area contributed by atoms with Crippen molar-refractivity contribution in [1.29, 1.82) is 0 Å². The summed E-state index contributed by atoms with van der Waals surface area (Å²) in [6.07, 6.45) is 3.48. The van der Waals surface area contributed by atoms with Crippen LogP contribution in [0.2, 0.25) is 5.02 Å². The molecule has 0 aliphatic rings. The van der Waals surface area contributed by atoms with Crippen molar-refractivity contribution in [2.24, 2.45) is 0 Å². The molecule has 0 amide bonds. The summed E-state index contributed by atoms with van der Waals surface area (Å²) in [7, 11) is 1.61. The van der Waals surface area contributed by atoms with E-state index in [1.807, 2.05) is 42.5 Å². The Balaban J connectivity index is 2.09. The number of hydrazone groups is 1. The normalized spacial score (nSPS) is 10.4. The Bertz CT molecular complexity index is 779. The molecule has 0 saturated heterocycles. The fourth-order valence-corrected chi connectivity index (χ4v) is 2.35. The zero-order chi connectivity index (χ0) is 18.8. The number of benzene rings is 2. The van der Waals surface area contributed by atoms with E-state index >= 15 is 0 Å². The van der Waals surface area contributed by atoms with Crippen molar-refractivity contribution < 1.29 is 14.6 Å². The molecule has 0 saturated carbocycles. The largest absolute Gasteiger partial charge is 0.493 e. The molecule has 0 heterocycles. The van der Waals surface area contributed by atoms with E-state index in [0.29, 0.717) is 34.8 Å². The van der Waals surface area contributed by atoms with E-state index in [9.17, 15) is 0 Å². The molecule has 0 aliphatic carbocycles. The molecule has 0 bridgehead atoms. The maximum Gasteiger partial charge on any atom is 0.224 e. The molecule has 0 atom stereocenters. The summed E-state index contributed by atoms with van der Waals surface area (Å²) in [5.74, 6) is 1.27. The number of para-hydroxylation sites is 1. The number of nitrogens with one attached hydrogen (secondary N) is 3. The first-order chi connectivity index (χ1) is 12.6. The zero-order valence-electron chi connectivity index (χ0n) is 14.4. The van der Waals surface area contributed by atoms with Gasteiger partial charge < -0.3 is 14.8 Å². The van der Waals surface area contributed by atoms with E-state index < -0.39 is 0 Å². The van der Waals surface area contributed by atoms with Crippen LogP contribution < -0.4 is 25.3 Å². The maximum absolute atomic E-state index is 5.98. The molecular formula is C19H21ClN3O2S+. The first-order valence-electron chi connectivity index (χ1n) is 7.91. The van der Waals surface area contributed by atoms with Gasteiger partial charge in [0.05, 0.1) is 12.7 Å². The molecule has 7 heteroatoms. The lowest BCUT2D eigenvalue weighted by atomic mass is 10.2. The molecule has 5 nitrogen and oxygen atoms in total. The summed E-state index contributed by atoms with van der Waals surface area (Å²) in [5.41, 5.74) is 4.69. The molecule has 0 fully saturated rings. The van der Waals surface area contributed by atoms with Crippen LogP contribution in [0.25, 0.3) is 0 Å². The van der Waals surface area contributed by atoms with Crippen LogP contribution in [0.5, 0.6) is 11.5 Å². The highest BCUT2D eigenvalue weighted by molar-refractivity contribution is 7.80. The van der Waals surface area contributed by atoms with Crippen LogP contribution in [-0.2, 0) is 6.61 Å². The maximum atomic E-state index is 5.98. The minimum absolute atomic E-state index is 0.394. The van der Waals surface area contributed by atoms with E-state index in [-0.39, 0.29) is 0 Å². The molecule has 26 heavy (non-hydrogen) atoms. The quantitative estimate of drug-likeness (QED) is 0.278. The number of rotatable bonds is 8. The van der Waals surface area contributed by atoms with Crippen LogP contribution >= 0.6 is 23.8 Å². The van der Waals surface area contributed by atoms with Gasteiger partial charge in [0.2, 0.25) is 11.3 Å². The predicted octanol–water partition coefficient (Wildman–Crippen LogP) is 1.99. The van der Waals surface area contributed by atoms with Gasteiger partial charge >= 0.3 is 0 Å². The Kier molecular flexibility index (Phi) is 7.92. The number of ether oxygens (including phenoxy) is 2. The first kappa shape index (κ1) is 19.8. The van der Waals surface area contributed by atoms with E-state index in [1.165, 1.54) is 0 Å². The number of hydrazine groups is 1. The SMILES string of the molecule is C=CCNC(=S)N[NH+]=Cc1cccc(OC)c1OCc1ccc(Cl)cc1. The molecule has 0 radical (unpaired) electrons. The Hall–Kier alpha value is -2.57. The van der Waals surface area contributed by atoms with Gasteiger partial charge in [0.15, 0.2) is 11.5 Å². The van der Waals surface area contributed by atoms with Gasteiger partial charge in [0.1, 0.15) is 6.61 Å².